The molecule has 0 spiro atoms. The zero-order valence-electron chi connectivity index (χ0n) is 18.4. The highest BCUT2D eigenvalue weighted by Crippen LogP contribution is 2.45. The number of ether oxygens (including phenoxy) is 1. The number of hydrogen-bond acceptors (Lipinski definition) is 5. The van der Waals surface area contributed by atoms with Gasteiger partial charge in [0.05, 0.1) is 0 Å². The lowest BCUT2D eigenvalue weighted by Crippen LogP contribution is -2.61. The van der Waals surface area contributed by atoms with E-state index in [1.165, 1.54) is 0 Å². The highest BCUT2D eigenvalue weighted by Gasteiger charge is 2.48. The Hall–Kier alpha value is -0.270. The van der Waals surface area contributed by atoms with Gasteiger partial charge in [-0.1, -0.05) is 0 Å². The zero-order chi connectivity index (χ0) is 20.0. The second-order valence-electron chi connectivity index (χ2n) is 11.0. The maximum atomic E-state index is 11.8. The second-order valence-corrected chi connectivity index (χ2v) is 11.0. The van der Waals surface area contributed by atoms with E-state index in [0.717, 1.165) is 77.0 Å². The molecule has 6 aliphatic carbocycles. The van der Waals surface area contributed by atoms with Crippen molar-refractivity contribution in [3.63, 3.8) is 0 Å². The van der Waals surface area contributed by atoms with Crippen LogP contribution in [0.25, 0.3) is 0 Å². The SMILES string of the molecule is CC(C)(C)OC(=O)NC12CCC(N)(CC1)CC2.Cl.Cl.NC12CCC(N)(CC1)CC2. The van der Waals surface area contributed by atoms with Gasteiger partial charge < -0.3 is 27.3 Å². The third-order valence-electron chi connectivity index (χ3n) is 7.43. The lowest BCUT2D eigenvalue weighted by molar-refractivity contribution is 0.0272. The number of amides is 1. The first kappa shape index (κ1) is 26.8. The summed E-state index contributed by atoms with van der Waals surface area (Å²) in [6.45, 7) is 5.66. The Balaban J connectivity index is 0.000000301. The summed E-state index contributed by atoms with van der Waals surface area (Å²) >= 11 is 0. The minimum absolute atomic E-state index is 0. The molecule has 0 aliphatic heterocycles. The van der Waals surface area contributed by atoms with Crippen molar-refractivity contribution in [3.8, 4) is 0 Å². The van der Waals surface area contributed by atoms with Gasteiger partial charge in [0.2, 0.25) is 0 Å². The summed E-state index contributed by atoms with van der Waals surface area (Å²) in [4.78, 5) is 11.8. The number of hydrogen-bond donors (Lipinski definition) is 4. The average Bonchev–Trinajstić information content (AvgIpc) is 2.57. The van der Waals surface area contributed by atoms with Crippen LogP contribution in [0, 0.1) is 0 Å². The summed E-state index contributed by atoms with van der Waals surface area (Å²) in [5.41, 5.74) is 18.4. The molecule has 4 bridgehead atoms. The van der Waals surface area contributed by atoms with Crippen molar-refractivity contribution in [2.45, 2.75) is 126 Å². The first-order chi connectivity index (χ1) is 12.3. The monoisotopic (exact) mass is 452 g/mol. The van der Waals surface area contributed by atoms with Crippen molar-refractivity contribution in [2.75, 3.05) is 0 Å². The number of carbonyl (C=O) groups excluding carboxylic acids is 1. The van der Waals surface area contributed by atoms with Gasteiger partial charge in [-0.25, -0.2) is 4.79 Å². The molecule has 6 rings (SSSR count). The fourth-order valence-corrected chi connectivity index (χ4v) is 5.17. The highest BCUT2D eigenvalue weighted by atomic mass is 35.5. The quantitative estimate of drug-likeness (QED) is 0.480. The van der Waals surface area contributed by atoms with Gasteiger partial charge in [0, 0.05) is 22.2 Å². The molecule has 0 aromatic heterocycles. The Kier molecular flexibility index (Phi) is 8.37. The van der Waals surface area contributed by atoms with E-state index < -0.39 is 5.60 Å². The summed E-state index contributed by atoms with van der Waals surface area (Å²) in [7, 11) is 0. The molecule has 6 aliphatic rings. The molecule has 1 amide bonds. The molecule has 6 fully saturated rings. The largest absolute Gasteiger partial charge is 0.444 e. The first-order valence-electron chi connectivity index (χ1n) is 10.7. The molecule has 6 saturated carbocycles. The van der Waals surface area contributed by atoms with Gasteiger partial charge >= 0.3 is 6.09 Å². The minimum Gasteiger partial charge on any atom is -0.444 e. The van der Waals surface area contributed by atoms with Crippen LogP contribution in [0.2, 0.25) is 0 Å². The van der Waals surface area contributed by atoms with E-state index in [0.29, 0.717) is 0 Å². The van der Waals surface area contributed by atoms with Crippen LogP contribution in [-0.2, 0) is 4.74 Å². The van der Waals surface area contributed by atoms with Crippen LogP contribution >= 0.6 is 24.8 Å². The van der Waals surface area contributed by atoms with E-state index in [4.69, 9.17) is 21.9 Å². The Labute approximate surface area is 188 Å². The molecule has 0 atom stereocenters. The predicted octanol–water partition coefficient (Wildman–Crippen LogP) is 3.91. The number of halogens is 2. The smallest absolute Gasteiger partial charge is 0.408 e. The van der Waals surface area contributed by atoms with E-state index >= 15 is 0 Å². The summed E-state index contributed by atoms with van der Waals surface area (Å²) in [5, 5.41) is 3.08. The molecular weight excluding hydrogens is 411 g/mol. The molecule has 0 unspecified atom stereocenters. The average molecular weight is 453 g/mol. The Bertz CT molecular complexity index is 512. The standard InChI is InChI=1S/C13H24N2O2.C8H16N2.2ClH/c1-11(2,3)17-10(16)15-13-7-4-12(14,5-8-13)6-9-13;9-7-1-2-8(10,5-3-7)6-4-7;;/h4-9,14H2,1-3H3,(H,15,16);1-6,9-10H2;2*1H. The molecule has 172 valence electrons. The van der Waals surface area contributed by atoms with Crippen molar-refractivity contribution in [1.29, 1.82) is 0 Å². The molecule has 7 N–H and O–H groups in total. The fraction of sp³-hybridized carbons (Fsp3) is 0.952. The normalized spacial score (nSPS) is 39.9. The van der Waals surface area contributed by atoms with Gasteiger partial charge in [-0.2, -0.15) is 0 Å². The van der Waals surface area contributed by atoms with Crippen molar-refractivity contribution < 1.29 is 9.53 Å². The van der Waals surface area contributed by atoms with E-state index in [1.807, 2.05) is 20.8 Å². The van der Waals surface area contributed by atoms with Gasteiger partial charge in [-0.05, 0) is 97.8 Å². The highest BCUT2D eigenvalue weighted by molar-refractivity contribution is 5.85. The number of fused-ring (bicyclic) bond motifs is 6. The van der Waals surface area contributed by atoms with Gasteiger partial charge in [0.25, 0.3) is 0 Å². The van der Waals surface area contributed by atoms with Crippen LogP contribution in [0.3, 0.4) is 0 Å². The Morgan fingerprint density at radius 3 is 1.24 bits per heavy atom. The fourth-order valence-electron chi connectivity index (χ4n) is 5.17. The molecule has 0 heterocycles. The summed E-state index contributed by atoms with van der Waals surface area (Å²) in [5.74, 6) is 0. The van der Waals surface area contributed by atoms with Gasteiger partial charge in [-0.3, -0.25) is 0 Å². The number of nitrogens with one attached hydrogen (secondary N) is 1. The van der Waals surface area contributed by atoms with Gasteiger partial charge in [0.1, 0.15) is 5.60 Å². The number of nitrogens with two attached hydrogens (primary N) is 3. The van der Waals surface area contributed by atoms with Crippen molar-refractivity contribution in [1.82, 2.24) is 5.32 Å². The van der Waals surface area contributed by atoms with E-state index in [9.17, 15) is 4.79 Å². The van der Waals surface area contributed by atoms with Gasteiger partial charge in [0.15, 0.2) is 0 Å². The van der Waals surface area contributed by atoms with Crippen LogP contribution in [0.1, 0.15) is 97.8 Å². The predicted molar refractivity (Wildman–Crippen MR) is 123 cm³/mol. The number of rotatable bonds is 1. The summed E-state index contributed by atoms with van der Waals surface area (Å²) in [6.07, 6.45) is 12.7. The molecule has 0 radical (unpaired) electrons. The van der Waals surface area contributed by atoms with Crippen LogP contribution in [0.4, 0.5) is 4.79 Å². The lowest BCUT2D eigenvalue weighted by atomic mass is 9.62. The van der Waals surface area contributed by atoms with Crippen LogP contribution in [0.5, 0.6) is 0 Å². The Morgan fingerprint density at radius 2 is 0.966 bits per heavy atom. The van der Waals surface area contributed by atoms with E-state index in [1.54, 1.807) is 0 Å². The lowest BCUT2D eigenvalue weighted by Gasteiger charge is -2.51. The van der Waals surface area contributed by atoms with Crippen molar-refractivity contribution >= 4 is 30.9 Å². The molecule has 0 saturated heterocycles. The molecule has 8 heteroatoms. The molecule has 0 aromatic carbocycles. The maximum absolute atomic E-state index is 11.8. The topological polar surface area (TPSA) is 116 Å². The number of alkyl carbamates (subject to hydrolysis) is 1. The Morgan fingerprint density at radius 1 is 0.690 bits per heavy atom. The third kappa shape index (κ3) is 6.86. The summed E-state index contributed by atoms with van der Waals surface area (Å²) < 4.78 is 5.33. The zero-order valence-corrected chi connectivity index (χ0v) is 20.0. The second kappa shape index (κ2) is 9.07. The van der Waals surface area contributed by atoms with Gasteiger partial charge in [-0.15, -0.1) is 24.8 Å². The van der Waals surface area contributed by atoms with Crippen LogP contribution in [-0.4, -0.2) is 33.8 Å². The first-order valence-corrected chi connectivity index (χ1v) is 10.7. The summed E-state index contributed by atoms with van der Waals surface area (Å²) in [6, 6.07) is 0. The molecule has 6 nitrogen and oxygen atoms in total. The molecular formula is C21H42Cl2N4O2. The van der Waals surface area contributed by atoms with Crippen LogP contribution < -0.4 is 22.5 Å². The number of carbonyl (C=O) groups is 1. The van der Waals surface area contributed by atoms with Crippen molar-refractivity contribution in [2.24, 2.45) is 17.2 Å². The molecule has 29 heavy (non-hydrogen) atoms. The molecule has 0 aromatic rings. The van der Waals surface area contributed by atoms with E-state index in [-0.39, 0.29) is 53.1 Å². The maximum Gasteiger partial charge on any atom is 0.408 e. The third-order valence-corrected chi connectivity index (χ3v) is 7.43. The van der Waals surface area contributed by atoms with E-state index in [2.05, 4.69) is 5.32 Å². The van der Waals surface area contributed by atoms with Crippen LogP contribution in [0.15, 0.2) is 0 Å². The minimum atomic E-state index is -0.429. The van der Waals surface area contributed by atoms with Crippen molar-refractivity contribution in [3.05, 3.63) is 0 Å².